The Labute approximate surface area is 204 Å². The standard InChI is InChI=1S/C28H27ClN2O3/c1-16-11-12-17(2)25(13-16)30-18(3)14-21(19(30)4)15-22-26(28(33)34-6)20(5)31(27(22)32)24-10-8-7-9-23(24)29/h7-15H,1-6H3/b22-15-. The molecule has 34 heavy (non-hydrogen) atoms. The Morgan fingerprint density at radius 3 is 2.35 bits per heavy atom. The molecule has 0 N–H and O–H groups in total. The fraction of sp³-hybridized carbons (Fsp3) is 0.214. The molecule has 0 atom stereocenters. The SMILES string of the molecule is COC(=O)C1=C(C)N(c2ccccc2Cl)C(=O)/C1=C\c1cc(C)n(-c2cc(C)ccc2C)c1C. The third-order valence-electron chi connectivity index (χ3n) is 6.26. The van der Waals surface area contributed by atoms with Gasteiger partial charge in [0.05, 0.1) is 29.0 Å². The van der Waals surface area contributed by atoms with Crippen molar-refractivity contribution in [3.63, 3.8) is 0 Å². The molecule has 6 heteroatoms. The number of allylic oxidation sites excluding steroid dienone is 1. The van der Waals surface area contributed by atoms with Crippen molar-refractivity contribution in [2.45, 2.75) is 34.6 Å². The quantitative estimate of drug-likeness (QED) is 0.332. The van der Waals surface area contributed by atoms with Crippen LogP contribution in [0.1, 0.15) is 35.0 Å². The Morgan fingerprint density at radius 2 is 1.68 bits per heavy atom. The topological polar surface area (TPSA) is 51.5 Å². The number of carbonyl (C=O) groups is 2. The van der Waals surface area contributed by atoms with Crippen molar-refractivity contribution >= 4 is 35.2 Å². The van der Waals surface area contributed by atoms with Crippen LogP contribution >= 0.6 is 11.6 Å². The number of nitrogens with zero attached hydrogens (tertiary/aromatic N) is 2. The van der Waals surface area contributed by atoms with Gasteiger partial charge in [-0.2, -0.15) is 0 Å². The summed E-state index contributed by atoms with van der Waals surface area (Å²) in [5.41, 5.74) is 7.81. The van der Waals surface area contributed by atoms with E-state index >= 15 is 0 Å². The van der Waals surface area contributed by atoms with Gasteiger partial charge in [-0.25, -0.2) is 4.79 Å². The fourth-order valence-corrected chi connectivity index (χ4v) is 4.74. The lowest BCUT2D eigenvalue weighted by molar-refractivity contribution is -0.136. The zero-order chi connectivity index (χ0) is 24.7. The van der Waals surface area contributed by atoms with Crippen LogP contribution in [0, 0.1) is 27.7 Å². The number of esters is 1. The third-order valence-corrected chi connectivity index (χ3v) is 6.58. The first kappa shape index (κ1) is 23.6. The lowest BCUT2D eigenvalue weighted by Crippen LogP contribution is -2.24. The highest BCUT2D eigenvalue weighted by Crippen LogP contribution is 2.39. The molecular formula is C28H27ClN2O3. The van der Waals surface area contributed by atoms with Gasteiger partial charge in [0.15, 0.2) is 0 Å². The predicted octanol–water partition coefficient (Wildman–Crippen LogP) is 6.24. The molecule has 2 aromatic carbocycles. The molecule has 1 aliphatic rings. The van der Waals surface area contributed by atoms with E-state index in [-0.39, 0.29) is 17.1 Å². The molecule has 0 aliphatic carbocycles. The summed E-state index contributed by atoms with van der Waals surface area (Å²) in [6.07, 6.45) is 1.78. The highest BCUT2D eigenvalue weighted by molar-refractivity contribution is 6.35. The van der Waals surface area contributed by atoms with Crippen LogP contribution in [0.25, 0.3) is 11.8 Å². The van der Waals surface area contributed by atoms with Crippen molar-refractivity contribution < 1.29 is 14.3 Å². The summed E-state index contributed by atoms with van der Waals surface area (Å²) in [5.74, 6) is -0.877. The molecule has 4 rings (SSSR count). The van der Waals surface area contributed by atoms with E-state index in [0.29, 0.717) is 16.4 Å². The van der Waals surface area contributed by atoms with E-state index in [0.717, 1.165) is 28.2 Å². The van der Waals surface area contributed by atoms with Gasteiger partial charge < -0.3 is 9.30 Å². The molecule has 3 aromatic rings. The minimum Gasteiger partial charge on any atom is -0.465 e. The van der Waals surface area contributed by atoms with Crippen LogP contribution in [0.5, 0.6) is 0 Å². The van der Waals surface area contributed by atoms with Crippen molar-refractivity contribution in [1.29, 1.82) is 0 Å². The van der Waals surface area contributed by atoms with E-state index in [1.807, 2.05) is 19.9 Å². The highest BCUT2D eigenvalue weighted by atomic mass is 35.5. The maximum atomic E-state index is 13.6. The number of carbonyl (C=O) groups excluding carboxylic acids is 2. The van der Waals surface area contributed by atoms with Crippen molar-refractivity contribution in [3.05, 3.63) is 98.5 Å². The molecule has 1 aromatic heterocycles. The second kappa shape index (κ2) is 8.99. The van der Waals surface area contributed by atoms with E-state index in [1.165, 1.54) is 17.6 Å². The molecule has 1 aliphatic heterocycles. The summed E-state index contributed by atoms with van der Waals surface area (Å²) >= 11 is 6.39. The Balaban J connectivity index is 1.89. The van der Waals surface area contributed by atoms with E-state index in [4.69, 9.17) is 16.3 Å². The predicted molar refractivity (Wildman–Crippen MR) is 136 cm³/mol. The summed E-state index contributed by atoms with van der Waals surface area (Å²) < 4.78 is 7.21. The average molecular weight is 475 g/mol. The summed E-state index contributed by atoms with van der Waals surface area (Å²) in [5, 5.41) is 0.425. The van der Waals surface area contributed by atoms with Crippen LogP contribution in [0.15, 0.2) is 65.4 Å². The lowest BCUT2D eigenvalue weighted by atomic mass is 10.0. The number of para-hydroxylation sites is 1. The molecule has 0 unspecified atom stereocenters. The number of hydrogen-bond acceptors (Lipinski definition) is 3. The molecule has 0 radical (unpaired) electrons. The Kier molecular flexibility index (Phi) is 6.24. The maximum Gasteiger partial charge on any atom is 0.340 e. The average Bonchev–Trinajstić information content (AvgIpc) is 3.21. The number of anilines is 1. The molecule has 5 nitrogen and oxygen atoms in total. The smallest absolute Gasteiger partial charge is 0.340 e. The van der Waals surface area contributed by atoms with Crippen LogP contribution < -0.4 is 4.90 Å². The molecule has 1 amide bonds. The first-order valence-electron chi connectivity index (χ1n) is 11.0. The normalized spacial score (nSPS) is 15.0. The van der Waals surface area contributed by atoms with Crippen molar-refractivity contribution in [2.24, 2.45) is 0 Å². The van der Waals surface area contributed by atoms with Crippen LogP contribution in [0.4, 0.5) is 5.69 Å². The molecule has 0 bridgehead atoms. The van der Waals surface area contributed by atoms with Crippen molar-refractivity contribution in [1.82, 2.24) is 4.57 Å². The van der Waals surface area contributed by atoms with Gasteiger partial charge in [-0.05, 0) is 81.7 Å². The number of amides is 1. The number of ether oxygens (including phenoxy) is 1. The van der Waals surface area contributed by atoms with Gasteiger partial charge in [-0.1, -0.05) is 35.9 Å². The third kappa shape index (κ3) is 3.86. The second-order valence-corrected chi connectivity index (χ2v) is 8.96. The van der Waals surface area contributed by atoms with Crippen LogP contribution in [-0.2, 0) is 14.3 Å². The van der Waals surface area contributed by atoms with E-state index in [9.17, 15) is 9.59 Å². The van der Waals surface area contributed by atoms with Gasteiger partial charge in [0, 0.05) is 22.8 Å². The molecule has 0 spiro atoms. The first-order valence-corrected chi connectivity index (χ1v) is 11.4. The van der Waals surface area contributed by atoms with Crippen LogP contribution in [-0.4, -0.2) is 23.6 Å². The molecular weight excluding hydrogens is 448 g/mol. The first-order chi connectivity index (χ1) is 16.1. The zero-order valence-electron chi connectivity index (χ0n) is 20.2. The van der Waals surface area contributed by atoms with Gasteiger partial charge >= 0.3 is 5.97 Å². The van der Waals surface area contributed by atoms with Crippen molar-refractivity contribution in [2.75, 3.05) is 12.0 Å². The number of aryl methyl sites for hydroxylation is 3. The molecule has 0 saturated heterocycles. The van der Waals surface area contributed by atoms with E-state index < -0.39 is 5.97 Å². The number of hydrogen-bond donors (Lipinski definition) is 0. The maximum absolute atomic E-state index is 13.6. The van der Waals surface area contributed by atoms with Gasteiger partial charge in [0.1, 0.15) is 0 Å². The zero-order valence-corrected chi connectivity index (χ0v) is 20.9. The Bertz CT molecular complexity index is 1390. The lowest BCUT2D eigenvalue weighted by Gasteiger charge is -2.19. The summed E-state index contributed by atoms with van der Waals surface area (Å²) in [6, 6.07) is 15.4. The summed E-state index contributed by atoms with van der Waals surface area (Å²) in [7, 11) is 1.31. The minimum absolute atomic E-state index is 0.240. The van der Waals surface area contributed by atoms with E-state index in [2.05, 4.69) is 36.6 Å². The Morgan fingerprint density at radius 1 is 0.971 bits per heavy atom. The van der Waals surface area contributed by atoms with Gasteiger partial charge in [-0.15, -0.1) is 0 Å². The van der Waals surface area contributed by atoms with Gasteiger partial charge in [0.25, 0.3) is 5.91 Å². The Hall–Kier alpha value is -3.57. The number of halogens is 1. The second-order valence-electron chi connectivity index (χ2n) is 8.55. The number of aromatic nitrogens is 1. The highest BCUT2D eigenvalue weighted by Gasteiger charge is 2.38. The monoisotopic (exact) mass is 474 g/mol. The van der Waals surface area contributed by atoms with Crippen molar-refractivity contribution in [3.8, 4) is 5.69 Å². The molecule has 174 valence electrons. The van der Waals surface area contributed by atoms with Crippen LogP contribution in [0.3, 0.4) is 0 Å². The van der Waals surface area contributed by atoms with E-state index in [1.54, 1.807) is 37.3 Å². The number of benzene rings is 2. The van der Waals surface area contributed by atoms with Gasteiger partial charge in [0.2, 0.25) is 0 Å². The van der Waals surface area contributed by atoms with Gasteiger partial charge in [-0.3, -0.25) is 9.69 Å². The molecule has 0 fully saturated rings. The number of methoxy groups -OCH3 is 1. The fourth-order valence-electron chi connectivity index (χ4n) is 4.52. The molecule has 2 heterocycles. The minimum atomic E-state index is -0.560. The van der Waals surface area contributed by atoms with Crippen LogP contribution in [0.2, 0.25) is 5.02 Å². The summed E-state index contributed by atoms with van der Waals surface area (Å²) in [4.78, 5) is 27.8. The summed E-state index contributed by atoms with van der Waals surface area (Å²) in [6.45, 7) is 9.92. The largest absolute Gasteiger partial charge is 0.465 e. The number of rotatable bonds is 4. The molecule has 0 saturated carbocycles.